The number of Topliss-reactive ketones (excluding diaryl/α,β-unsaturated/α-hetero) is 2. The highest BCUT2D eigenvalue weighted by Gasteiger charge is 2.70. The number of ether oxygens (including phenoxy) is 1. The minimum absolute atomic E-state index is 0.203. The smallest absolute Gasteiger partial charge is 0.238 e. The van der Waals surface area contributed by atoms with Gasteiger partial charge in [-0.2, -0.15) is 0 Å². The Morgan fingerprint density at radius 2 is 1.60 bits per heavy atom. The van der Waals surface area contributed by atoms with Crippen LogP contribution in [0.4, 0.5) is 5.69 Å². The fourth-order valence-corrected chi connectivity index (χ4v) is 7.18. The molecule has 7 rings (SSSR count). The maximum atomic E-state index is 15.1. The maximum absolute atomic E-state index is 15.1. The number of ketones is 2. The number of carbonyl (C=O) groups is 3. The van der Waals surface area contributed by atoms with Crippen molar-refractivity contribution >= 4 is 29.2 Å². The number of hydrogen-bond acceptors (Lipinski definition) is 5. The highest BCUT2D eigenvalue weighted by molar-refractivity contribution is 6.17. The van der Waals surface area contributed by atoms with Crippen LogP contribution in [0.3, 0.4) is 0 Å². The normalized spacial score (nSPS) is 23.2. The molecule has 4 aromatic rings. The molecule has 3 aliphatic rings. The van der Waals surface area contributed by atoms with Gasteiger partial charge in [-0.15, -0.1) is 0 Å². The molecule has 3 heterocycles. The first kappa shape index (κ1) is 26.0. The number of fused-ring (bicyclic) bond motifs is 6. The number of nitrogens with zero attached hydrogens (tertiary/aromatic N) is 1. The molecule has 1 N–H and O–H groups in total. The van der Waals surface area contributed by atoms with Gasteiger partial charge in [-0.25, -0.2) is 0 Å². The van der Waals surface area contributed by atoms with E-state index in [0.717, 1.165) is 22.3 Å². The number of nitrogens with one attached hydrogen (secondary N) is 1. The molecule has 0 bridgehead atoms. The summed E-state index contributed by atoms with van der Waals surface area (Å²) in [7, 11) is 0. The van der Waals surface area contributed by atoms with Crippen molar-refractivity contribution in [3.8, 4) is 5.75 Å². The van der Waals surface area contributed by atoms with Gasteiger partial charge in [-0.3, -0.25) is 14.4 Å². The molecule has 6 heteroatoms. The molecule has 1 saturated heterocycles. The monoisotopic (exact) mass is 554 g/mol. The molecule has 3 aliphatic heterocycles. The molecule has 0 saturated carbocycles. The predicted molar refractivity (Wildman–Crippen MR) is 162 cm³/mol. The Balaban J connectivity index is 1.54. The number of anilines is 1. The van der Waals surface area contributed by atoms with Gasteiger partial charge in [0.2, 0.25) is 5.91 Å². The standard InChI is InChI=1S/C36H30N2O4/c1-3-42-29-15-9-6-12-26(29)33(40)30-31(32(39)24-18-16-22(2)17-19-24)38-21-20-23-10-4-5-11-25(23)34(38)36(30)27-13-7-8-14-28(27)37-35(36)41/h4-21,30-31,34H,3H2,1-2H3,(H,37,41)/t30-,31-,34-,36-/m1/s1. The van der Waals surface area contributed by atoms with Crippen LogP contribution in [0, 0.1) is 12.8 Å². The number of para-hydroxylation sites is 2. The van der Waals surface area contributed by atoms with E-state index >= 15 is 4.79 Å². The minimum Gasteiger partial charge on any atom is -0.493 e. The molecule has 1 amide bonds. The van der Waals surface area contributed by atoms with Gasteiger partial charge in [0.15, 0.2) is 11.6 Å². The lowest BCUT2D eigenvalue weighted by atomic mass is 9.62. The molecule has 6 nitrogen and oxygen atoms in total. The number of rotatable bonds is 6. The summed E-state index contributed by atoms with van der Waals surface area (Å²) in [4.78, 5) is 46.2. The van der Waals surface area contributed by atoms with Crippen LogP contribution in [0.15, 0.2) is 103 Å². The first-order valence-electron chi connectivity index (χ1n) is 14.3. The van der Waals surface area contributed by atoms with Crippen molar-refractivity contribution in [1.82, 2.24) is 4.90 Å². The third-order valence-corrected chi connectivity index (χ3v) is 8.91. The number of hydrogen-bond donors (Lipinski definition) is 1. The van der Waals surface area contributed by atoms with Crippen molar-refractivity contribution in [2.24, 2.45) is 5.92 Å². The third kappa shape index (κ3) is 3.61. The summed E-state index contributed by atoms with van der Waals surface area (Å²) in [5, 5.41) is 3.09. The molecule has 42 heavy (non-hydrogen) atoms. The lowest BCUT2D eigenvalue weighted by molar-refractivity contribution is -0.122. The van der Waals surface area contributed by atoms with E-state index in [4.69, 9.17) is 4.74 Å². The van der Waals surface area contributed by atoms with Crippen LogP contribution in [-0.4, -0.2) is 35.0 Å². The summed E-state index contributed by atoms with van der Waals surface area (Å²) >= 11 is 0. The van der Waals surface area contributed by atoms with Gasteiger partial charge in [0.25, 0.3) is 0 Å². The van der Waals surface area contributed by atoms with Crippen molar-refractivity contribution in [2.45, 2.75) is 31.3 Å². The van der Waals surface area contributed by atoms with Crippen molar-refractivity contribution < 1.29 is 19.1 Å². The Labute approximate surface area is 244 Å². The number of aryl methyl sites for hydroxylation is 1. The lowest BCUT2D eigenvalue weighted by Gasteiger charge is -2.38. The molecule has 0 unspecified atom stereocenters. The highest BCUT2D eigenvalue weighted by atomic mass is 16.5. The lowest BCUT2D eigenvalue weighted by Crippen LogP contribution is -2.49. The topological polar surface area (TPSA) is 75.7 Å². The molecule has 4 atom stereocenters. The first-order valence-corrected chi connectivity index (χ1v) is 14.3. The first-order chi connectivity index (χ1) is 20.5. The fourth-order valence-electron chi connectivity index (χ4n) is 7.18. The van der Waals surface area contributed by atoms with E-state index in [-0.39, 0.29) is 17.5 Å². The SMILES string of the molecule is CCOc1ccccc1C(=O)[C@H]1[C@H](C(=O)c2ccc(C)cc2)N2C=Cc3ccccc3[C@@H]2[C@]12C(=O)Nc1ccccc12. The Morgan fingerprint density at radius 1 is 0.881 bits per heavy atom. The molecule has 0 aromatic heterocycles. The molecule has 0 aliphatic carbocycles. The summed E-state index contributed by atoms with van der Waals surface area (Å²) in [5.74, 6) is -1.39. The second-order valence-electron chi connectivity index (χ2n) is 11.1. The second-order valence-corrected chi connectivity index (χ2v) is 11.1. The van der Waals surface area contributed by atoms with Crippen LogP contribution in [0.1, 0.15) is 55.9 Å². The molecular weight excluding hydrogens is 524 g/mol. The summed E-state index contributed by atoms with van der Waals surface area (Å²) in [5.41, 5.74) is 3.76. The van der Waals surface area contributed by atoms with Crippen LogP contribution in [-0.2, 0) is 10.2 Å². The van der Waals surface area contributed by atoms with E-state index < -0.39 is 23.4 Å². The van der Waals surface area contributed by atoms with Crippen LogP contribution in [0.5, 0.6) is 5.75 Å². The van der Waals surface area contributed by atoms with Crippen LogP contribution in [0.2, 0.25) is 0 Å². The van der Waals surface area contributed by atoms with E-state index in [0.29, 0.717) is 29.2 Å². The number of carbonyl (C=O) groups excluding carboxylic acids is 3. The van der Waals surface area contributed by atoms with Crippen LogP contribution >= 0.6 is 0 Å². The highest BCUT2D eigenvalue weighted by Crippen LogP contribution is 2.62. The van der Waals surface area contributed by atoms with E-state index in [1.54, 1.807) is 30.3 Å². The van der Waals surface area contributed by atoms with Crippen molar-refractivity contribution in [3.63, 3.8) is 0 Å². The quantitative estimate of drug-likeness (QED) is 0.280. The third-order valence-electron chi connectivity index (χ3n) is 8.91. The molecule has 1 fully saturated rings. The van der Waals surface area contributed by atoms with Gasteiger partial charge >= 0.3 is 0 Å². The summed E-state index contributed by atoms with van der Waals surface area (Å²) in [6.07, 6.45) is 3.86. The van der Waals surface area contributed by atoms with Crippen molar-refractivity contribution in [2.75, 3.05) is 11.9 Å². The predicted octanol–water partition coefficient (Wildman–Crippen LogP) is 6.38. The van der Waals surface area contributed by atoms with Crippen LogP contribution in [0.25, 0.3) is 6.08 Å². The minimum atomic E-state index is -1.38. The second kappa shape index (κ2) is 9.84. The molecule has 4 aromatic carbocycles. The zero-order valence-corrected chi connectivity index (χ0v) is 23.4. The number of benzene rings is 4. The van der Waals surface area contributed by atoms with Gasteiger partial charge in [0, 0.05) is 17.5 Å². The largest absolute Gasteiger partial charge is 0.493 e. The maximum Gasteiger partial charge on any atom is 0.238 e. The van der Waals surface area contributed by atoms with Gasteiger partial charge < -0.3 is 15.0 Å². The fraction of sp³-hybridized carbons (Fsp3) is 0.194. The van der Waals surface area contributed by atoms with Gasteiger partial charge in [0.05, 0.1) is 24.1 Å². The molecule has 208 valence electrons. The summed E-state index contributed by atoms with van der Waals surface area (Å²) < 4.78 is 5.90. The van der Waals surface area contributed by atoms with Crippen LogP contribution < -0.4 is 10.1 Å². The Kier molecular flexibility index (Phi) is 6.08. The molecule has 0 radical (unpaired) electrons. The molecular formula is C36H30N2O4. The Hall–Kier alpha value is -4.97. The van der Waals surface area contributed by atoms with E-state index in [1.165, 1.54) is 0 Å². The van der Waals surface area contributed by atoms with Crippen molar-refractivity contribution in [1.29, 1.82) is 0 Å². The summed E-state index contributed by atoms with van der Waals surface area (Å²) in [6, 6.07) is 28.4. The molecule has 1 spiro atoms. The van der Waals surface area contributed by atoms with Gasteiger partial charge in [0.1, 0.15) is 17.2 Å². The van der Waals surface area contributed by atoms with Gasteiger partial charge in [-0.05, 0) is 54.8 Å². The average molecular weight is 555 g/mol. The van der Waals surface area contributed by atoms with Gasteiger partial charge in [-0.1, -0.05) is 84.4 Å². The van der Waals surface area contributed by atoms with Crippen molar-refractivity contribution in [3.05, 3.63) is 137 Å². The number of amides is 1. The Bertz CT molecular complexity index is 1780. The summed E-state index contributed by atoms with van der Waals surface area (Å²) in [6.45, 7) is 4.21. The Morgan fingerprint density at radius 3 is 2.40 bits per heavy atom. The van der Waals surface area contributed by atoms with E-state index in [1.807, 2.05) is 97.8 Å². The average Bonchev–Trinajstić information content (AvgIpc) is 3.49. The zero-order valence-electron chi connectivity index (χ0n) is 23.4. The zero-order chi connectivity index (χ0) is 29.0. The van der Waals surface area contributed by atoms with E-state index in [9.17, 15) is 9.59 Å². The van der Waals surface area contributed by atoms with E-state index in [2.05, 4.69) is 5.32 Å².